The third-order valence-corrected chi connectivity index (χ3v) is 3.14. The van der Waals surface area contributed by atoms with Crippen LogP contribution in [0.25, 0.3) is 0 Å². The Hall–Kier alpha value is -1.75. The van der Waals surface area contributed by atoms with Crippen LogP contribution >= 0.6 is 0 Å². The molecule has 0 spiro atoms. The maximum atomic E-state index is 10.9. The SMILES string of the molecule is CN(CCOc1ccc(N)c(C(=O)O)c1)C1CC1. The first-order valence-corrected chi connectivity index (χ1v) is 6.04. The summed E-state index contributed by atoms with van der Waals surface area (Å²) in [6.45, 7) is 1.40. The third-order valence-electron chi connectivity index (χ3n) is 3.14. The van der Waals surface area contributed by atoms with Crippen molar-refractivity contribution in [3.05, 3.63) is 23.8 Å². The molecule has 3 N–H and O–H groups in total. The summed E-state index contributed by atoms with van der Waals surface area (Å²) in [5, 5.41) is 8.94. The number of carbonyl (C=O) groups is 1. The van der Waals surface area contributed by atoms with Crippen LogP contribution in [0, 0.1) is 0 Å². The van der Waals surface area contributed by atoms with Gasteiger partial charge >= 0.3 is 5.97 Å². The molecule has 0 amide bonds. The van der Waals surface area contributed by atoms with Gasteiger partial charge in [0.2, 0.25) is 0 Å². The number of likely N-dealkylation sites (N-methyl/N-ethyl adjacent to an activating group) is 1. The van der Waals surface area contributed by atoms with Gasteiger partial charge in [0.05, 0.1) is 5.56 Å². The van der Waals surface area contributed by atoms with Gasteiger partial charge in [-0.25, -0.2) is 4.79 Å². The van der Waals surface area contributed by atoms with Gasteiger partial charge in [-0.1, -0.05) is 0 Å². The quantitative estimate of drug-likeness (QED) is 0.747. The van der Waals surface area contributed by atoms with Gasteiger partial charge in [0, 0.05) is 18.3 Å². The maximum Gasteiger partial charge on any atom is 0.337 e. The monoisotopic (exact) mass is 250 g/mol. The number of ether oxygens (including phenoxy) is 1. The van der Waals surface area contributed by atoms with E-state index >= 15 is 0 Å². The van der Waals surface area contributed by atoms with E-state index in [4.69, 9.17) is 15.6 Å². The molecular weight excluding hydrogens is 232 g/mol. The Labute approximate surface area is 106 Å². The van der Waals surface area contributed by atoms with Crippen LogP contribution in [0.4, 0.5) is 5.69 Å². The van der Waals surface area contributed by atoms with Crippen LogP contribution in [-0.2, 0) is 0 Å². The van der Waals surface area contributed by atoms with E-state index in [-0.39, 0.29) is 11.3 Å². The number of nitrogens with zero attached hydrogens (tertiary/aromatic N) is 1. The van der Waals surface area contributed by atoms with E-state index in [0.717, 1.165) is 6.54 Å². The van der Waals surface area contributed by atoms with Crippen molar-refractivity contribution in [2.24, 2.45) is 0 Å². The topological polar surface area (TPSA) is 75.8 Å². The highest BCUT2D eigenvalue weighted by molar-refractivity contribution is 5.94. The Balaban J connectivity index is 1.88. The Morgan fingerprint density at radius 1 is 1.56 bits per heavy atom. The average Bonchev–Trinajstić information content (AvgIpc) is 3.14. The highest BCUT2D eigenvalue weighted by Crippen LogP contribution is 2.25. The maximum absolute atomic E-state index is 10.9. The molecular formula is C13H18N2O3. The lowest BCUT2D eigenvalue weighted by molar-refractivity contribution is 0.0697. The number of nitrogens with two attached hydrogens (primary N) is 1. The van der Waals surface area contributed by atoms with Gasteiger partial charge in [0.25, 0.3) is 0 Å². The molecule has 1 aliphatic rings. The fourth-order valence-corrected chi connectivity index (χ4v) is 1.82. The minimum absolute atomic E-state index is 0.0862. The first-order valence-electron chi connectivity index (χ1n) is 6.04. The standard InChI is InChI=1S/C13H18N2O3/c1-15(9-2-3-9)6-7-18-10-4-5-12(14)11(8-10)13(16)17/h4-5,8-9H,2-3,6-7,14H2,1H3,(H,16,17). The van der Waals surface area contributed by atoms with Crippen molar-refractivity contribution in [3.8, 4) is 5.75 Å². The van der Waals surface area contributed by atoms with E-state index in [1.165, 1.54) is 18.9 Å². The van der Waals surface area contributed by atoms with Gasteiger partial charge in [0.15, 0.2) is 0 Å². The highest BCUT2D eigenvalue weighted by atomic mass is 16.5. The van der Waals surface area contributed by atoms with Crippen molar-refractivity contribution in [2.45, 2.75) is 18.9 Å². The molecule has 0 aliphatic heterocycles. The van der Waals surface area contributed by atoms with Gasteiger partial charge in [-0.15, -0.1) is 0 Å². The number of rotatable bonds is 6. The fraction of sp³-hybridized carbons (Fsp3) is 0.462. The summed E-state index contributed by atoms with van der Waals surface area (Å²) in [4.78, 5) is 13.2. The lowest BCUT2D eigenvalue weighted by Crippen LogP contribution is -2.26. The van der Waals surface area contributed by atoms with E-state index in [0.29, 0.717) is 18.4 Å². The smallest absolute Gasteiger partial charge is 0.337 e. The minimum atomic E-state index is -1.03. The Kier molecular flexibility index (Phi) is 3.72. The molecule has 98 valence electrons. The molecule has 2 rings (SSSR count). The fourth-order valence-electron chi connectivity index (χ4n) is 1.82. The van der Waals surface area contributed by atoms with Gasteiger partial charge in [-0.2, -0.15) is 0 Å². The molecule has 0 atom stereocenters. The Bertz CT molecular complexity index is 444. The zero-order chi connectivity index (χ0) is 13.1. The lowest BCUT2D eigenvalue weighted by Gasteiger charge is -2.16. The van der Waals surface area contributed by atoms with Gasteiger partial charge < -0.3 is 20.5 Å². The van der Waals surface area contributed by atoms with Crippen molar-refractivity contribution < 1.29 is 14.6 Å². The number of nitrogen functional groups attached to an aromatic ring is 1. The van der Waals surface area contributed by atoms with Crippen molar-refractivity contribution in [1.82, 2.24) is 4.90 Å². The van der Waals surface area contributed by atoms with Crippen molar-refractivity contribution >= 4 is 11.7 Å². The number of carboxylic acid groups (broad SMARTS) is 1. The highest BCUT2D eigenvalue weighted by Gasteiger charge is 2.25. The van der Waals surface area contributed by atoms with Crippen molar-refractivity contribution in [3.63, 3.8) is 0 Å². The Morgan fingerprint density at radius 3 is 2.89 bits per heavy atom. The Morgan fingerprint density at radius 2 is 2.28 bits per heavy atom. The van der Waals surface area contributed by atoms with Crippen LogP contribution in [0.15, 0.2) is 18.2 Å². The van der Waals surface area contributed by atoms with E-state index in [9.17, 15) is 4.79 Å². The number of anilines is 1. The molecule has 0 aromatic heterocycles. The summed E-state index contributed by atoms with van der Waals surface area (Å²) >= 11 is 0. The predicted molar refractivity (Wildman–Crippen MR) is 69.0 cm³/mol. The summed E-state index contributed by atoms with van der Waals surface area (Å²) in [6, 6.07) is 5.42. The second kappa shape index (κ2) is 5.27. The second-order valence-corrected chi connectivity index (χ2v) is 4.61. The normalized spacial score (nSPS) is 14.8. The molecule has 0 saturated heterocycles. The van der Waals surface area contributed by atoms with Crippen LogP contribution in [-0.4, -0.2) is 42.2 Å². The van der Waals surface area contributed by atoms with Crippen LogP contribution < -0.4 is 10.5 Å². The molecule has 0 radical (unpaired) electrons. The van der Waals surface area contributed by atoms with Gasteiger partial charge in [0.1, 0.15) is 12.4 Å². The predicted octanol–water partition coefficient (Wildman–Crippen LogP) is 1.44. The summed E-state index contributed by atoms with van der Waals surface area (Å²) < 4.78 is 5.54. The molecule has 0 heterocycles. The largest absolute Gasteiger partial charge is 0.492 e. The molecule has 1 aromatic rings. The van der Waals surface area contributed by atoms with Crippen LogP contribution in [0.1, 0.15) is 23.2 Å². The average molecular weight is 250 g/mol. The summed E-state index contributed by atoms with van der Waals surface area (Å²) in [5.74, 6) is -0.487. The van der Waals surface area contributed by atoms with E-state index in [1.54, 1.807) is 12.1 Å². The summed E-state index contributed by atoms with van der Waals surface area (Å²) in [6.07, 6.45) is 2.53. The zero-order valence-corrected chi connectivity index (χ0v) is 10.4. The first kappa shape index (κ1) is 12.7. The number of hydrogen-bond donors (Lipinski definition) is 2. The number of aromatic carboxylic acids is 1. The van der Waals surface area contributed by atoms with E-state index in [2.05, 4.69) is 11.9 Å². The molecule has 1 aromatic carbocycles. The first-order chi connectivity index (χ1) is 8.58. The van der Waals surface area contributed by atoms with Crippen LogP contribution in [0.3, 0.4) is 0 Å². The molecule has 1 saturated carbocycles. The molecule has 1 aliphatic carbocycles. The van der Waals surface area contributed by atoms with Gasteiger partial charge in [-0.05, 0) is 38.1 Å². The van der Waals surface area contributed by atoms with Gasteiger partial charge in [-0.3, -0.25) is 0 Å². The second-order valence-electron chi connectivity index (χ2n) is 4.61. The minimum Gasteiger partial charge on any atom is -0.492 e. The molecule has 0 bridgehead atoms. The molecule has 5 heteroatoms. The number of hydrogen-bond acceptors (Lipinski definition) is 4. The molecule has 18 heavy (non-hydrogen) atoms. The van der Waals surface area contributed by atoms with E-state index < -0.39 is 5.97 Å². The van der Waals surface area contributed by atoms with Crippen LogP contribution in [0.2, 0.25) is 0 Å². The lowest BCUT2D eigenvalue weighted by atomic mass is 10.2. The summed E-state index contributed by atoms with van der Waals surface area (Å²) in [7, 11) is 2.08. The third kappa shape index (κ3) is 3.13. The van der Waals surface area contributed by atoms with E-state index in [1.807, 2.05) is 0 Å². The number of carboxylic acids is 1. The van der Waals surface area contributed by atoms with Crippen molar-refractivity contribution in [2.75, 3.05) is 25.9 Å². The molecule has 1 fully saturated rings. The molecule has 5 nitrogen and oxygen atoms in total. The molecule has 0 unspecified atom stereocenters. The van der Waals surface area contributed by atoms with Crippen LogP contribution in [0.5, 0.6) is 5.75 Å². The summed E-state index contributed by atoms with van der Waals surface area (Å²) in [5.41, 5.74) is 5.91. The van der Waals surface area contributed by atoms with Crippen molar-refractivity contribution in [1.29, 1.82) is 0 Å². The zero-order valence-electron chi connectivity index (χ0n) is 10.4. The number of benzene rings is 1.